The molecule has 0 aliphatic heterocycles. The highest BCUT2D eigenvalue weighted by Gasteiger charge is 2.03. The predicted octanol–water partition coefficient (Wildman–Crippen LogP) is 2.95. The molecule has 0 unspecified atom stereocenters. The van der Waals surface area contributed by atoms with Gasteiger partial charge in [0.2, 0.25) is 5.95 Å². The monoisotopic (exact) mass is 251 g/mol. The van der Waals surface area contributed by atoms with Crippen molar-refractivity contribution in [2.45, 2.75) is 45.4 Å². The first kappa shape index (κ1) is 14.4. The molecule has 0 aromatic carbocycles. The lowest BCUT2D eigenvalue weighted by molar-refractivity contribution is 0.0696. The lowest BCUT2D eigenvalue weighted by atomic mass is 10.1. The number of anilines is 1. The average Bonchev–Trinajstić information content (AvgIpc) is 2.38. The van der Waals surface area contributed by atoms with Gasteiger partial charge in [-0.2, -0.15) is 0 Å². The number of carbonyl (C=O) groups is 1. The zero-order valence-corrected chi connectivity index (χ0v) is 10.9. The maximum absolute atomic E-state index is 10.6. The van der Waals surface area contributed by atoms with E-state index in [1.54, 1.807) is 0 Å². The van der Waals surface area contributed by atoms with Crippen molar-refractivity contribution in [3.63, 3.8) is 0 Å². The summed E-state index contributed by atoms with van der Waals surface area (Å²) in [6.07, 6.45) is 10.1. The SMILES string of the molecule is CCCCCCCCNc1ncc(C(=O)O)cn1. The topological polar surface area (TPSA) is 75.1 Å². The van der Waals surface area contributed by atoms with Crippen LogP contribution in [0.1, 0.15) is 55.8 Å². The molecule has 18 heavy (non-hydrogen) atoms. The second-order valence-corrected chi connectivity index (χ2v) is 4.30. The minimum Gasteiger partial charge on any atom is -0.478 e. The predicted molar refractivity (Wildman–Crippen MR) is 70.9 cm³/mol. The van der Waals surface area contributed by atoms with E-state index >= 15 is 0 Å². The normalized spacial score (nSPS) is 10.3. The first-order valence-electron chi connectivity index (χ1n) is 6.53. The van der Waals surface area contributed by atoms with Gasteiger partial charge in [-0.1, -0.05) is 39.0 Å². The molecule has 0 saturated carbocycles. The molecule has 0 atom stereocenters. The molecule has 0 aliphatic carbocycles. The Kier molecular flexibility index (Phi) is 6.76. The van der Waals surface area contributed by atoms with Gasteiger partial charge in [0, 0.05) is 18.9 Å². The number of nitrogens with one attached hydrogen (secondary N) is 1. The summed E-state index contributed by atoms with van der Waals surface area (Å²) in [6.45, 7) is 3.04. The molecule has 0 fully saturated rings. The van der Waals surface area contributed by atoms with E-state index in [1.807, 2.05) is 0 Å². The Labute approximate surface area is 108 Å². The van der Waals surface area contributed by atoms with E-state index in [9.17, 15) is 4.79 Å². The fraction of sp³-hybridized carbons (Fsp3) is 0.615. The summed E-state index contributed by atoms with van der Waals surface area (Å²) in [7, 11) is 0. The molecular formula is C13H21N3O2. The van der Waals surface area contributed by atoms with Gasteiger partial charge in [-0.15, -0.1) is 0 Å². The number of rotatable bonds is 9. The summed E-state index contributed by atoms with van der Waals surface area (Å²) in [5.74, 6) is -0.508. The smallest absolute Gasteiger partial charge is 0.338 e. The number of hydrogen-bond donors (Lipinski definition) is 2. The Bertz CT molecular complexity index is 352. The quantitative estimate of drug-likeness (QED) is 0.660. The second-order valence-electron chi connectivity index (χ2n) is 4.30. The molecule has 1 rings (SSSR count). The minimum atomic E-state index is -1.00. The van der Waals surface area contributed by atoms with E-state index < -0.39 is 5.97 Å². The number of carboxylic acid groups (broad SMARTS) is 1. The highest BCUT2D eigenvalue weighted by molar-refractivity contribution is 5.86. The Morgan fingerprint density at radius 1 is 1.17 bits per heavy atom. The van der Waals surface area contributed by atoms with Gasteiger partial charge in [-0.05, 0) is 6.42 Å². The molecule has 0 radical (unpaired) electrons. The van der Waals surface area contributed by atoms with Crippen LogP contribution in [0.2, 0.25) is 0 Å². The van der Waals surface area contributed by atoms with E-state index in [-0.39, 0.29) is 5.56 Å². The third kappa shape index (κ3) is 5.61. The van der Waals surface area contributed by atoms with Gasteiger partial charge in [0.25, 0.3) is 0 Å². The molecule has 5 nitrogen and oxygen atoms in total. The van der Waals surface area contributed by atoms with E-state index in [2.05, 4.69) is 22.2 Å². The molecule has 0 bridgehead atoms. The van der Waals surface area contributed by atoms with Crippen molar-refractivity contribution in [1.82, 2.24) is 9.97 Å². The maximum Gasteiger partial charge on any atom is 0.338 e. The van der Waals surface area contributed by atoms with Gasteiger partial charge in [0.05, 0.1) is 5.56 Å². The zero-order valence-electron chi connectivity index (χ0n) is 10.9. The van der Waals surface area contributed by atoms with Gasteiger partial charge >= 0.3 is 5.97 Å². The molecule has 1 aromatic rings. The van der Waals surface area contributed by atoms with Crippen molar-refractivity contribution < 1.29 is 9.90 Å². The van der Waals surface area contributed by atoms with Crippen LogP contribution < -0.4 is 5.32 Å². The van der Waals surface area contributed by atoms with Crippen LogP contribution >= 0.6 is 0 Å². The Balaban J connectivity index is 2.14. The van der Waals surface area contributed by atoms with Crippen molar-refractivity contribution in [3.05, 3.63) is 18.0 Å². The van der Waals surface area contributed by atoms with Crippen LogP contribution in [0.25, 0.3) is 0 Å². The number of aromatic nitrogens is 2. The number of hydrogen-bond acceptors (Lipinski definition) is 4. The van der Waals surface area contributed by atoms with Gasteiger partial charge in [-0.3, -0.25) is 0 Å². The number of carboxylic acids is 1. The molecular weight excluding hydrogens is 230 g/mol. The van der Waals surface area contributed by atoms with Crippen LogP contribution in [0.3, 0.4) is 0 Å². The highest BCUT2D eigenvalue weighted by atomic mass is 16.4. The highest BCUT2D eigenvalue weighted by Crippen LogP contribution is 2.05. The van der Waals surface area contributed by atoms with Crippen LogP contribution in [0.4, 0.5) is 5.95 Å². The second kappa shape index (κ2) is 8.44. The van der Waals surface area contributed by atoms with E-state index in [0.29, 0.717) is 5.95 Å². The van der Waals surface area contributed by atoms with Crippen molar-refractivity contribution >= 4 is 11.9 Å². The molecule has 0 saturated heterocycles. The van der Waals surface area contributed by atoms with Crippen LogP contribution in [-0.2, 0) is 0 Å². The largest absolute Gasteiger partial charge is 0.478 e. The summed E-state index contributed by atoms with van der Waals surface area (Å²) >= 11 is 0. The molecule has 1 heterocycles. The van der Waals surface area contributed by atoms with Crippen molar-refractivity contribution in [3.8, 4) is 0 Å². The summed E-state index contributed by atoms with van der Waals surface area (Å²) in [4.78, 5) is 18.5. The van der Waals surface area contributed by atoms with Gasteiger partial charge < -0.3 is 10.4 Å². The molecule has 0 spiro atoms. The van der Waals surface area contributed by atoms with Crippen LogP contribution in [0.5, 0.6) is 0 Å². The molecule has 0 amide bonds. The average molecular weight is 251 g/mol. The fourth-order valence-corrected chi connectivity index (χ4v) is 1.64. The first-order valence-corrected chi connectivity index (χ1v) is 6.53. The van der Waals surface area contributed by atoms with Crippen molar-refractivity contribution in [2.24, 2.45) is 0 Å². The van der Waals surface area contributed by atoms with Gasteiger partial charge in [-0.25, -0.2) is 14.8 Å². The van der Waals surface area contributed by atoms with Crippen LogP contribution in [0.15, 0.2) is 12.4 Å². The number of unbranched alkanes of at least 4 members (excludes halogenated alkanes) is 5. The molecule has 0 aliphatic rings. The standard InChI is InChI=1S/C13H21N3O2/c1-2-3-4-5-6-7-8-14-13-15-9-11(10-16-13)12(17)18/h9-10H,2-8H2,1H3,(H,17,18)(H,14,15,16). The lowest BCUT2D eigenvalue weighted by Crippen LogP contribution is -2.07. The zero-order chi connectivity index (χ0) is 13.2. The maximum atomic E-state index is 10.6. The fourth-order valence-electron chi connectivity index (χ4n) is 1.64. The summed E-state index contributed by atoms with van der Waals surface area (Å²) < 4.78 is 0. The van der Waals surface area contributed by atoms with Crippen LogP contribution in [0, 0.1) is 0 Å². The summed E-state index contributed by atoms with van der Waals surface area (Å²) in [5, 5.41) is 11.8. The first-order chi connectivity index (χ1) is 8.74. The van der Waals surface area contributed by atoms with Gasteiger partial charge in [0.15, 0.2) is 0 Å². The molecule has 2 N–H and O–H groups in total. The molecule has 1 aromatic heterocycles. The summed E-state index contributed by atoms with van der Waals surface area (Å²) in [5.41, 5.74) is 0.111. The van der Waals surface area contributed by atoms with Crippen molar-refractivity contribution in [2.75, 3.05) is 11.9 Å². The minimum absolute atomic E-state index is 0.111. The van der Waals surface area contributed by atoms with Gasteiger partial charge in [0.1, 0.15) is 0 Å². The Hall–Kier alpha value is -1.65. The number of aromatic carboxylic acids is 1. The third-order valence-electron chi connectivity index (χ3n) is 2.71. The Morgan fingerprint density at radius 2 is 1.78 bits per heavy atom. The molecule has 5 heteroatoms. The van der Waals surface area contributed by atoms with E-state index in [0.717, 1.165) is 13.0 Å². The Morgan fingerprint density at radius 3 is 2.39 bits per heavy atom. The van der Waals surface area contributed by atoms with Crippen LogP contribution in [-0.4, -0.2) is 27.6 Å². The van der Waals surface area contributed by atoms with Crippen molar-refractivity contribution in [1.29, 1.82) is 0 Å². The number of nitrogens with zero attached hydrogens (tertiary/aromatic N) is 2. The molecule has 100 valence electrons. The summed E-state index contributed by atoms with van der Waals surface area (Å²) in [6, 6.07) is 0. The third-order valence-corrected chi connectivity index (χ3v) is 2.71. The van der Waals surface area contributed by atoms with E-state index in [4.69, 9.17) is 5.11 Å². The van der Waals surface area contributed by atoms with E-state index in [1.165, 1.54) is 44.5 Å². The lowest BCUT2D eigenvalue weighted by Gasteiger charge is -2.04.